The Kier molecular flexibility index (Phi) is 6.05. The quantitative estimate of drug-likeness (QED) is 0.580. The minimum Gasteiger partial charge on any atom is -0.466 e. The van der Waals surface area contributed by atoms with Gasteiger partial charge in [0.05, 0.1) is 30.3 Å². The Morgan fingerprint density at radius 3 is 2.57 bits per heavy atom. The molecule has 6 heteroatoms. The van der Waals surface area contributed by atoms with Crippen LogP contribution in [0.2, 0.25) is 0 Å². The van der Waals surface area contributed by atoms with Crippen LogP contribution in [0.4, 0.5) is 0 Å². The summed E-state index contributed by atoms with van der Waals surface area (Å²) < 4.78 is 11.4. The number of hydrogen-bond donors (Lipinski definition) is 1. The highest BCUT2D eigenvalue weighted by atomic mass is 16.5. The molecule has 6 nitrogen and oxygen atoms in total. The molecule has 1 heterocycles. The third-order valence-corrected chi connectivity index (χ3v) is 11.0. The lowest BCUT2D eigenvalue weighted by atomic mass is 9.39. The second kappa shape index (κ2) is 8.57. The average molecular weight is 484 g/mol. The number of carbonyl (C=O) groups is 2. The fourth-order valence-electron chi connectivity index (χ4n) is 9.52. The van der Waals surface area contributed by atoms with Gasteiger partial charge in [-0.1, -0.05) is 20.3 Å². The molecule has 0 aliphatic heterocycles. The zero-order chi connectivity index (χ0) is 25.1. The van der Waals surface area contributed by atoms with Crippen molar-refractivity contribution in [1.82, 2.24) is 4.98 Å². The van der Waals surface area contributed by atoms with Gasteiger partial charge >= 0.3 is 11.9 Å². The van der Waals surface area contributed by atoms with Crippen molar-refractivity contribution in [2.24, 2.45) is 39.4 Å². The molecule has 0 saturated heterocycles. The van der Waals surface area contributed by atoms with E-state index in [9.17, 15) is 14.7 Å². The normalized spacial score (nSPS) is 44.1. The van der Waals surface area contributed by atoms with Gasteiger partial charge in [0.15, 0.2) is 0 Å². The van der Waals surface area contributed by atoms with Crippen LogP contribution in [-0.2, 0) is 14.3 Å². The maximum absolute atomic E-state index is 13.2. The van der Waals surface area contributed by atoms with Crippen LogP contribution >= 0.6 is 0 Å². The van der Waals surface area contributed by atoms with Gasteiger partial charge in [0.25, 0.3) is 0 Å². The molecule has 0 amide bonds. The van der Waals surface area contributed by atoms with E-state index < -0.39 is 11.5 Å². The molecule has 35 heavy (non-hydrogen) atoms. The molecule has 1 aromatic rings. The van der Waals surface area contributed by atoms with Gasteiger partial charge in [0, 0.05) is 18.3 Å². The maximum atomic E-state index is 13.2. The van der Waals surface area contributed by atoms with E-state index in [4.69, 9.17) is 9.47 Å². The molecule has 0 aromatic carbocycles. The van der Waals surface area contributed by atoms with Crippen LogP contribution in [0.3, 0.4) is 0 Å². The number of rotatable bonds is 5. The highest BCUT2D eigenvalue weighted by molar-refractivity contribution is 5.88. The van der Waals surface area contributed by atoms with Crippen molar-refractivity contribution < 1.29 is 24.2 Å². The predicted octanol–water partition coefficient (Wildman–Crippen LogP) is 5.19. The lowest BCUT2D eigenvalue weighted by molar-refractivity contribution is -0.193. The largest absolute Gasteiger partial charge is 0.466 e. The average Bonchev–Trinajstić information content (AvgIpc) is 2.98. The van der Waals surface area contributed by atoms with Crippen molar-refractivity contribution >= 4 is 11.9 Å². The van der Waals surface area contributed by atoms with Gasteiger partial charge in [-0.3, -0.25) is 9.78 Å². The highest BCUT2D eigenvalue weighted by Crippen LogP contribution is 2.75. The first-order valence-electron chi connectivity index (χ1n) is 13.5. The molecule has 4 saturated carbocycles. The van der Waals surface area contributed by atoms with E-state index in [1.807, 2.05) is 6.92 Å². The number of pyridine rings is 1. The predicted molar refractivity (Wildman–Crippen MR) is 131 cm³/mol. The van der Waals surface area contributed by atoms with E-state index in [0.717, 1.165) is 51.4 Å². The van der Waals surface area contributed by atoms with E-state index in [-0.39, 0.29) is 46.6 Å². The lowest BCUT2D eigenvalue weighted by Gasteiger charge is -2.64. The molecule has 4 aliphatic carbocycles. The summed E-state index contributed by atoms with van der Waals surface area (Å²) in [4.78, 5) is 30.0. The number of esters is 2. The van der Waals surface area contributed by atoms with E-state index in [1.165, 1.54) is 6.20 Å². The monoisotopic (exact) mass is 483 g/mol. The minimum absolute atomic E-state index is 0.00894. The van der Waals surface area contributed by atoms with Gasteiger partial charge < -0.3 is 14.6 Å². The number of ether oxygens (including phenoxy) is 2. The third-order valence-electron chi connectivity index (χ3n) is 11.0. The first kappa shape index (κ1) is 24.7. The number of carbonyl (C=O) groups excluding carboxylic acids is 2. The van der Waals surface area contributed by atoms with Gasteiger partial charge in [-0.2, -0.15) is 0 Å². The standard InChI is InChI=1S/C29H41NO5/c1-5-34-25(33)28(4)12-7-11-27(3)21(28)10-14-29-18-26(2,13-9-22(27)29)23(31)20(29)17-35-24(32)19-8-6-15-30-16-19/h6,8,15-16,20-23,31H,5,7,9-14,17-18H2,1-4H3/t20-,21+,22+,23-,26+,27-,28-,29-/m1/s1. The Balaban J connectivity index is 1.45. The van der Waals surface area contributed by atoms with E-state index in [1.54, 1.807) is 18.3 Å². The number of fused-ring (bicyclic) bond motifs is 3. The minimum atomic E-state index is -0.491. The molecule has 4 fully saturated rings. The Morgan fingerprint density at radius 1 is 1.09 bits per heavy atom. The van der Waals surface area contributed by atoms with Crippen LogP contribution in [0.15, 0.2) is 24.5 Å². The van der Waals surface area contributed by atoms with Crippen LogP contribution in [0.5, 0.6) is 0 Å². The topological polar surface area (TPSA) is 85.7 Å². The van der Waals surface area contributed by atoms with Crippen molar-refractivity contribution in [2.75, 3.05) is 13.2 Å². The zero-order valence-electron chi connectivity index (χ0n) is 21.7. The molecular formula is C29H41NO5. The number of nitrogens with zero attached hydrogens (tertiary/aromatic N) is 1. The summed E-state index contributed by atoms with van der Waals surface area (Å²) in [6, 6.07) is 3.45. The van der Waals surface area contributed by atoms with Crippen LogP contribution < -0.4 is 0 Å². The number of hydrogen-bond acceptors (Lipinski definition) is 6. The first-order chi connectivity index (χ1) is 16.6. The third kappa shape index (κ3) is 3.57. The Morgan fingerprint density at radius 2 is 1.86 bits per heavy atom. The molecular weight excluding hydrogens is 442 g/mol. The van der Waals surface area contributed by atoms with Gasteiger partial charge in [-0.05, 0) is 99.0 Å². The second-order valence-electron chi connectivity index (χ2n) is 12.6. The fraction of sp³-hybridized carbons (Fsp3) is 0.759. The van der Waals surface area contributed by atoms with Crippen molar-refractivity contribution in [1.29, 1.82) is 0 Å². The zero-order valence-corrected chi connectivity index (χ0v) is 21.7. The summed E-state index contributed by atoms with van der Waals surface area (Å²) in [5, 5.41) is 11.6. The summed E-state index contributed by atoms with van der Waals surface area (Å²) >= 11 is 0. The fourth-order valence-corrected chi connectivity index (χ4v) is 9.52. The van der Waals surface area contributed by atoms with Crippen LogP contribution in [0, 0.1) is 39.4 Å². The van der Waals surface area contributed by atoms with Crippen molar-refractivity contribution in [3.8, 4) is 0 Å². The van der Waals surface area contributed by atoms with E-state index in [2.05, 4.69) is 25.8 Å². The molecule has 1 N–H and O–H groups in total. The lowest BCUT2D eigenvalue weighted by Crippen LogP contribution is -2.60. The van der Waals surface area contributed by atoms with Crippen molar-refractivity contribution in [3.63, 3.8) is 0 Å². The SMILES string of the molecule is CCOC(=O)[C@]1(C)CCC[C@@]2(C)[C@@H]3CC[C@@]4(C)C[C@]3(CC[C@@H]21)[C@H](COC(=O)c1cccnc1)[C@H]4O. The highest BCUT2D eigenvalue weighted by Gasteiger charge is 2.71. The molecule has 0 unspecified atom stereocenters. The number of aliphatic hydroxyl groups is 1. The molecule has 2 bridgehead atoms. The van der Waals surface area contributed by atoms with Crippen LogP contribution in [-0.4, -0.2) is 41.3 Å². The summed E-state index contributed by atoms with van der Waals surface area (Å²) in [5.41, 5.74) is -0.222. The Bertz CT molecular complexity index is 983. The maximum Gasteiger partial charge on any atom is 0.339 e. The van der Waals surface area contributed by atoms with Gasteiger partial charge in [-0.25, -0.2) is 4.79 Å². The van der Waals surface area contributed by atoms with Gasteiger partial charge in [0.2, 0.25) is 0 Å². The summed E-state index contributed by atoms with van der Waals surface area (Å²) in [5.74, 6) is 0.168. The van der Waals surface area contributed by atoms with Gasteiger partial charge in [-0.15, -0.1) is 0 Å². The molecule has 1 aromatic heterocycles. The Hall–Kier alpha value is -1.95. The van der Waals surface area contributed by atoms with Gasteiger partial charge in [0.1, 0.15) is 0 Å². The second-order valence-corrected chi connectivity index (χ2v) is 12.6. The van der Waals surface area contributed by atoms with Crippen molar-refractivity contribution in [2.45, 2.75) is 85.2 Å². The molecule has 0 radical (unpaired) electrons. The summed E-state index contributed by atoms with van der Waals surface area (Å²) in [6.07, 6.45) is 10.6. The first-order valence-corrected chi connectivity index (χ1v) is 13.5. The van der Waals surface area contributed by atoms with Crippen LogP contribution in [0.25, 0.3) is 0 Å². The molecule has 8 atom stereocenters. The summed E-state index contributed by atoms with van der Waals surface area (Å²) in [7, 11) is 0. The van der Waals surface area contributed by atoms with Crippen LogP contribution in [0.1, 0.15) is 89.4 Å². The molecule has 4 aliphatic rings. The molecule has 1 spiro atoms. The smallest absolute Gasteiger partial charge is 0.339 e. The number of aromatic nitrogens is 1. The molecule has 192 valence electrons. The van der Waals surface area contributed by atoms with E-state index in [0.29, 0.717) is 18.1 Å². The van der Waals surface area contributed by atoms with E-state index >= 15 is 0 Å². The van der Waals surface area contributed by atoms with Crippen molar-refractivity contribution in [3.05, 3.63) is 30.1 Å². The number of aliphatic hydroxyl groups excluding tert-OH is 1. The molecule has 5 rings (SSSR count). The Labute approximate surface area is 209 Å². The summed E-state index contributed by atoms with van der Waals surface area (Å²) in [6.45, 7) is 9.30.